The molecule has 2 amide bonds. The van der Waals surface area contributed by atoms with Crippen molar-refractivity contribution in [3.05, 3.63) is 71.9 Å². The molecule has 4 aromatic rings. The summed E-state index contributed by atoms with van der Waals surface area (Å²) < 4.78 is 2.94. The fraction of sp³-hybridized carbons (Fsp3) is 0.111. The summed E-state index contributed by atoms with van der Waals surface area (Å²) >= 11 is 1.58. The molecular formula is C18H16N6OS. The molecule has 3 aromatic heterocycles. The standard InChI is InChI=1S/C18H16N6OS/c25-18(22-11-17-23-14-3-1-2-4-15(14)26-17)21-10-13-5-6-16(20-9-13)24-8-7-19-12-24/h1-9,12H,10-11H2,(H2,21,22,25). The van der Waals surface area contributed by atoms with Crippen LogP contribution < -0.4 is 10.6 Å². The lowest BCUT2D eigenvalue weighted by atomic mass is 10.3. The summed E-state index contributed by atoms with van der Waals surface area (Å²) in [6, 6.07) is 11.5. The lowest BCUT2D eigenvalue weighted by Crippen LogP contribution is -2.34. The van der Waals surface area contributed by atoms with Gasteiger partial charge in [0.15, 0.2) is 0 Å². The normalized spacial score (nSPS) is 10.8. The van der Waals surface area contributed by atoms with E-state index in [1.165, 1.54) is 0 Å². The number of carbonyl (C=O) groups excluding carboxylic acids is 1. The number of hydrogen-bond acceptors (Lipinski definition) is 5. The van der Waals surface area contributed by atoms with Crippen LogP contribution in [-0.4, -0.2) is 25.6 Å². The number of fused-ring (bicyclic) bond motifs is 1. The predicted octanol–water partition coefficient (Wildman–Crippen LogP) is 2.88. The minimum absolute atomic E-state index is 0.233. The van der Waals surface area contributed by atoms with E-state index in [0.29, 0.717) is 13.1 Å². The zero-order valence-corrected chi connectivity index (χ0v) is 14.6. The molecule has 0 unspecified atom stereocenters. The molecule has 0 bridgehead atoms. The van der Waals surface area contributed by atoms with Gasteiger partial charge in [-0.25, -0.2) is 19.7 Å². The van der Waals surface area contributed by atoms with Crippen LogP contribution in [0.2, 0.25) is 0 Å². The third-order valence-electron chi connectivity index (χ3n) is 3.77. The van der Waals surface area contributed by atoms with Crippen molar-refractivity contribution >= 4 is 27.6 Å². The lowest BCUT2D eigenvalue weighted by Gasteiger charge is -2.07. The van der Waals surface area contributed by atoms with Crippen LogP contribution in [-0.2, 0) is 13.1 Å². The summed E-state index contributed by atoms with van der Waals surface area (Å²) in [5.74, 6) is 0.784. The average Bonchev–Trinajstić information content (AvgIpc) is 3.34. The second-order valence-corrected chi connectivity index (χ2v) is 6.72. The summed E-state index contributed by atoms with van der Waals surface area (Å²) in [5, 5.41) is 6.54. The largest absolute Gasteiger partial charge is 0.334 e. The molecule has 0 aliphatic carbocycles. The first kappa shape index (κ1) is 16.2. The Morgan fingerprint density at radius 3 is 2.77 bits per heavy atom. The molecule has 2 N–H and O–H groups in total. The van der Waals surface area contributed by atoms with Gasteiger partial charge in [0.05, 0.1) is 16.8 Å². The molecule has 4 rings (SSSR count). The molecule has 0 aliphatic rings. The molecule has 8 heteroatoms. The van der Waals surface area contributed by atoms with Gasteiger partial charge in [-0.3, -0.25) is 4.57 Å². The summed E-state index contributed by atoms with van der Waals surface area (Å²) in [5.41, 5.74) is 1.88. The summed E-state index contributed by atoms with van der Waals surface area (Å²) in [7, 11) is 0. The molecule has 0 radical (unpaired) electrons. The van der Waals surface area contributed by atoms with Crippen LogP contribution in [0.4, 0.5) is 4.79 Å². The number of aromatic nitrogens is 4. The fourth-order valence-electron chi connectivity index (χ4n) is 2.46. The Morgan fingerprint density at radius 1 is 1.12 bits per heavy atom. The van der Waals surface area contributed by atoms with Crippen molar-refractivity contribution in [2.24, 2.45) is 0 Å². The zero-order valence-electron chi connectivity index (χ0n) is 13.8. The van der Waals surface area contributed by atoms with E-state index in [2.05, 4.69) is 25.6 Å². The Morgan fingerprint density at radius 2 is 2.00 bits per heavy atom. The van der Waals surface area contributed by atoms with E-state index in [9.17, 15) is 4.79 Å². The second kappa shape index (κ2) is 7.32. The highest BCUT2D eigenvalue weighted by atomic mass is 32.1. The van der Waals surface area contributed by atoms with E-state index in [1.54, 1.807) is 30.1 Å². The molecule has 7 nitrogen and oxygen atoms in total. The van der Waals surface area contributed by atoms with Gasteiger partial charge in [-0.15, -0.1) is 11.3 Å². The molecule has 0 fully saturated rings. The molecule has 0 saturated carbocycles. The zero-order chi connectivity index (χ0) is 17.8. The number of para-hydroxylation sites is 1. The number of hydrogen-bond donors (Lipinski definition) is 2. The topological polar surface area (TPSA) is 84.7 Å². The highest BCUT2D eigenvalue weighted by Gasteiger charge is 2.06. The van der Waals surface area contributed by atoms with Crippen molar-refractivity contribution in [3.63, 3.8) is 0 Å². The van der Waals surface area contributed by atoms with E-state index in [-0.39, 0.29) is 6.03 Å². The Bertz CT molecular complexity index is 977. The Balaban J connectivity index is 1.28. The Labute approximate surface area is 153 Å². The molecule has 0 saturated heterocycles. The number of rotatable bonds is 5. The van der Waals surface area contributed by atoms with Gasteiger partial charge in [-0.1, -0.05) is 18.2 Å². The number of pyridine rings is 1. The van der Waals surface area contributed by atoms with Gasteiger partial charge in [-0.05, 0) is 23.8 Å². The van der Waals surface area contributed by atoms with E-state index in [1.807, 2.05) is 47.2 Å². The monoisotopic (exact) mass is 364 g/mol. The van der Waals surface area contributed by atoms with Crippen LogP contribution in [0.3, 0.4) is 0 Å². The van der Waals surface area contributed by atoms with E-state index in [4.69, 9.17) is 0 Å². The summed E-state index contributed by atoms with van der Waals surface area (Å²) in [4.78, 5) is 24.8. The Hall–Kier alpha value is -3.26. The maximum atomic E-state index is 12.0. The van der Waals surface area contributed by atoms with Crippen LogP contribution >= 0.6 is 11.3 Å². The minimum atomic E-state index is -0.233. The van der Waals surface area contributed by atoms with Crippen LogP contribution in [0.5, 0.6) is 0 Å². The fourth-order valence-corrected chi connectivity index (χ4v) is 3.37. The number of urea groups is 1. The number of nitrogens with zero attached hydrogens (tertiary/aromatic N) is 4. The van der Waals surface area contributed by atoms with Gasteiger partial charge < -0.3 is 10.6 Å². The maximum Gasteiger partial charge on any atom is 0.315 e. The smallest absolute Gasteiger partial charge is 0.315 e. The van der Waals surface area contributed by atoms with E-state index in [0.717, 1.165) is 26.6 Å². The third-order valence-corrected chi connectivity index (χ3v) is 4.81. The highest BCUT2D eigenvalue weighted by molar-refractivity contribution is 7.18. The van der Waals surface area contributed by atoms with Crippen molar-refractivity contribution in [1.29, 1.82) is 0 Å². The molecule has 0 aliphatic heterocycles. The van der Waals surface area contributed by atoms with Crippen LogP contribution in [0.15, 0.2) is 61.3 Å². The van der Waals surface area contributed by atoms with Gasteiger partial charge in [0.25, 0.3) is 0 Å². The quantitative estimate of drug-likeness (QED) is 0.570. The lowest BCUT2D eigenvalue weighted by molar-refractivity contribution is 0.240. The molecule has 0 atom stereocenters. The van der Waals surface area contributed by atoms with Crippen molar-refractivity contribution in [3.8, 4) is 5.82 Å². The number of imidazole rings is 1. The van der Waals surface area contributed by atoms with Crippen LogP contribution in [0, 0.1) is 0 Å². The van der Waals surface area contributed by atoms with Gasteiger partial charge in [0.2, 0.25) is 0 Å². The maximum absolute atomic E-state index is 12.0. The molecular weight excluding hydrogens is 348 g/mol. The van der Waals surface area contributed by atoms with E-state index >= 15 is 0 Å². The van der Waals surface area contributed by atoms with Crippen molar-refractivity contribution in [2.75, 3.05) is 0 Å². The van der Waals surface area contributed by atoms with Crippen molar-refractivity contribution < 1.29 is 4.79 Å². The SMILES string of the molecule is O=C(NCc1ccc(-n2ccnc2)nc1)NCc1nc2ccccc2s1. The summed E-state index contributed by atoms with van der Waals surface area (Å²) in [6.07, 6.45) is 6.96. The van der Waals surface area contributed by atoms with Gasteiger partial charge in [0.1, 0.15) is 17.2 Å². The summed E-state index contributed by atoms with van der Waals surface area (Å²) in [6.45, 7) is 0.811. The van der Waals surface area contributed by atoms with Gasteiger partial charge in [0, 0.05) is 25.1 Å². The minimum Gasteiger partial charge on any atom is -0.334 e. The third kappa shape index (κ3) is 3.70. The van der Waals surface area contributed by atoms with E-state index < -0.39 is 0 Å². The molecule has 0 spiro atoms. The molecule has 26 heavy (non-hydrogen) atoms. The first-order valence-corrected chi connectivity index (χ1v) is 8.89. The second-order valence-electron chi connectivity index (χ2n) is 5.61. The number of nitrogens with one attached hydrogen (secondary N) is 2. The first-order valence-electron chi connectivity index (χ1n) is 8.07. The molecule has 1 aromatic carbocycles. The van der Waals surface area contributed by atoms with Crippen LogP contribution in [0.1, 0.15) is 10.6 Å². The average molecular weight is 364 g/mol. The number of benzene rings is 1. The Kier molecular flexibility index (Phi) is 4.57. The van der Waals surface area contributed by atoms with Crippen LogP contribution in [0.25, 0.3) is 16.0 Å². The van der Waals surface area contributed by atoms with Crippen molar-refractivity contribution in [1.82, 2.24) is 30.2 Å². The number of carbonyl (C=O) groups is 1. The predicted molar refractivity (Wildman–Crippen MR) is 100 cm³/mol. The molecule has 3 heterocycles. The number of thiazole rings is 1. The van der Waals surface area contributed by atoms with Crippen molar-refractivity contribution in [2.45, 2.75) is 13.1 Å². The molecule has 130 valence electrons. The van der Waals surface area contributed by atoms with Gasteiger partial charge in [-0.2, -0.15) is 0 Å². The van der Waals surface area contributed by atoms with Gasteiger partial charge >= 0.3 is 6.03 Å². The first-order chi connectivity index (χ1) is 12.8. The number of amides is 2. The highest BCUT2D eigenvalue weighted by Crippen LogP contribution is 2.21.